The highest BCUT2D eigenvalue weighted by Gasteiger charge is 2.07. The summed E-state index contributed by atoms with van der Waals surface area (Å²) in [5.41, 5.74) is 2.48. The van der Waals surface area contributed by atoms with Crippen LogP contribution in [0, 0.1) is 0 Å². The van der Waals surface area contributed by atoms with Gasteiger partial charge in [0.1, 0.15) is 0 Å². The molecule has 120 valence electrons. The van der Waals surface area contributed by atoms with Crippen LogP contribution in [-0.4, -0.2) is 5.11 Å². The van der Waals surface area contributed by atoms with Crippen LogP contribution in [0.15, 0.2) is 24.3 Å². The van der Waals surface area contributed by atoms with Crippen LogP contribution in [0.3, 0.4) is 0 Å². The maximum absolute atomic E-state index is 10.2. The first-order valence-electron chi connectivity index (χ1n) is 9.04. The molecule has 1 N–H and O–H groups in total. The van der Waals surface area contributed by atoms with Gasteiger partial charge in [-0.3, -0.25) is 0 Å². The highest BCUT2D eigenvalue weighted by Crippen LogP contribution is 2.21. The Morgan fingerprint density at radius 3 is 1.95 bits per heavy atom. The molecule has 1 rings (SSSR count). The Hall–Kier alpha value is -0.820. The summed E-state index contributed by atoms with van der Waals surface area (Å²) in [4.78, 5) is 0. The number of benzene rings is 1. The Morgan fingerprint density at radius 2 is 1.33 bits per heavy atom. The minimum atomic E-state index is -0.277. The van der Waals surface area contributed by atoms with Crippen molar-refractivity contribution in [1.82, 2.24) is 0 Å². The zero-order valence-electron chi connectivity index (χ0n) is 14.1. The third kappa shape index (κ3) is 8.26. The smallest absolute Gasteiger partial charge is 0.0790 e. The van der Waals surface area contributed by atoms with Crippen LogP contribution >= 0.6 is 0 Å². The van der Waals surface area contributed by atoms with Crippen molar-refractivity contribution in [3.63, 3.8) is 0 Å². The number of unbranched alkanes of at least 4 members (excludes halogenated alkanes) is 7. The summed E-state index contributed by atoms with van der Waals surface area (Å²) in [5, 5.41) is 10.2. The SMILES string of the molecule is CCCCCCCCCC(O)c1ccc(CCCC)cc1. The lowest BCUT2D eigenvalue weighted by atomic mass is 9.99. The van der Waals surface area contributed by atoms with Gasteiger partial charge in [0.15, 0.2) is 0 Å². The first-order chi connectivity index (χ1) is 10.3. The number of aryl methyl sites for hydroxylation is 1. The highest BCUT2D eigenvalue weighted by molar-refractivity contribution is 5.24. The van der Waals surface area contributed by atoms with Gasteiger partial charge < -0.3 is 5.11 Å². The zero-order valence-corrected chi connectivity index (χ0v) is 14.1. The van der Waals surface area contributed by atoms with Gasteiger partial charge >= 0.3 is 0 Å². The van der Waals surface area contributed by atoms with Crippen LogP contribution in [-0.2, 0) is 6.42 Å². The molecule has 0 aliphatic rings. The molecule has 1 unspecified atom stereocenters. The monoisotopic (exact) mass is 290 g/mol. The molecule has 0 aliphatic carbocycles. The second kappa shape index (κ2) is 11.8. The molecule has 21 heavy (non-hydrogen) atoms. The van der Waals surface area contributed by atoms with Crippen molar-refractivity contribution in [1.29, 1.82) is 0 Å². The molecule has 1 heteroatoms. The number of hydrogen-bond acceptors (Lipinski definition) is 1. The van der Waals surface area contributed by atoms with E-state index in [0.29, 0.717) is 0 Å². The summed E-state index contributed by atoms with van der Waals surface area (Å²) in [6.07, 6.45) is 13.4. The van der Waals surface area contributed by atoms with E-state index in [0.717, 1.165) is 24.8 Å². The fourth-order valence-corrected chi connectivity index (χ4v) is 2.75. The molecule has 1 nitrogen and oxygen atoms in total. The average molecular weight is 290 g/mol. The van der Waals surface area contributed by atoms with Gasteiger partial charge in [-0.15, -0.1) is 0 Å². The van der Waals surface area contributed by atoms with Gasteiger partial charge in [-0.25, -0.2) is 0 Å². The molecule has 0 radical (unpaired) electrons. The minimum Gasteiger partial charge on any atom is -0.388 e. The molecule has 1 aromatic carbocycles. The maximum atomic E-state index is 10.2. The van der Waals surface area contributed by atoms with Gasteiger partial charge in [-0.05, 0) is 30.4 Å². The Labute approximate surface area is 131 Å². The van der Waals surface area contributed by atoms with E-state index < -0.39 is 0 Å². The second-order valence-electron chi connectivity index (χ2n) is 6.27. The Balaban J connectivity index is 2.17. The van der Waals surface area contributed by atoms with Crippen molar-refractivity contribution in [2.75, 3.05) is 0 Å². The van der Waals surface area contributed by atoms with Gasteiger partial charge in [0, 0.05) is 0 Å². The van der Waals surface area contributed by atoms with Crippen molar-refractivity contribution >= 4 is 0 Å². The van der Waals surface area contributed by atoms with Crippen molar-refractivity contribution < 1.29 is 5.11 Å². The number of aliphatic hydroxyl groups excluding tert-OH is 1. The number of hydrogen-bond donors (Lipinski definition) is 1. The molecule has 1 atom stereocenters. The first kappa shape index (κ1) is 18.2. The Bertz CT molecular complexity index is 341. The maximum Gasteiger partial charge on any atom is 0.0790 e. The molecule has 0 aliphatic heterocycles. The Kier molecular flexibility index (Phi) is 10.2. The summed E-state index contributed by atoms with van der Waals surface area (Å²) < 4.78 is 0. The fourth-order valence-electron chi connectivity index (χ4n) is 2.75. The van der Waals surface area contributed by atoms with Crippen LogP contribution in [0.1, 0.15) is 95.3 Å². The molecule has 0 fully saturated rings. The first-order valence-corrected chi connectivity index (χ1v) is 9.04. The summed E-state index contributed by atoms with van der Waals surface area (Å²) >= 11 is 0. The molecule has 0 aromatic heterocycles. The topological polar surface area (TPSA) is 20.2 Å². The molecule has 0 heterocycles. The van der Waals surface area contributed by atoms with Crippen molar-refractivity contribution in [3.05, 3.63) is 35.4 Å². The van der Waals surface area contributed by atoms with Crippen molar-refractivity contribution in [3.8, 4) is 0 Å². The minimum absolute atomic E-state index is 0.277. The van der Waals surface area contributed by atoms with Gasteiger partial charge in [0.25, 0.3) is 0 Å². The fraction of sp³-hybridized carbons (Fsp3) is 0.700. The normalized spacial score (nSPS) is 12.5. The highest BCUT2D eigenvalue weighted by atomic mass is 16.3. The van der Waals surface area contributed by atoms with Gasteiger partial charge in [0.2, 0.25) is 0 Å². The molecule has 1 aromatic rings. The van der Waals surface area contributed by atoms with Gasteiger partial charge in [-0.2, -0.15) is 0 Å². The van der Waals surface area contributed by atoms with E-state index in [2.05, 4.69) is 38.1 Å². The zero-order chi connectivity index (χ0) is 15.3. The van der Waals surface area contributed by atoms with E-state index in [1.807, 2.05) is 0 Å². The molecular weight excluding hydrogens is 256 g/mol. The quantitative estimate of drug-likeness (QED) is 0.454. The van der Waals surface area contributed by atoms with E-state index in [9.17, 15) is 5.11 Å². The molecule has 0 saturated carbocycles. The lowest BCUT2D eigenvalue weighted by Crippen LogP contribution is -1.98. The molecule has 0 saturated heterocycles. The predicted octanol–water partition coefficient (Wildman–Crippen LogP) is 6.20. The van der Waals surface area contributed by atoms with E-state index >= 15 is 0 Å². The molecule has 0 bridgehead atoms. The molecule has 0 spiro atoms. The summed E-state index contributed by atoms with van der Waals surface area (Å²) in [7, 11) is 0. The molecular formula is C20H34O. The van der Waals surface area contributed by atoms with E-state index in [-0.39, 0.29) is 6.10 Å². The van der Waals surface area contributed by atoms with E-state index in [4.69, 9.17) is 0 Å². The second-order valence-corrected chi connectivity index (χ2v) is 6.27. The third-order valence-electron chi connectivity index (χ3n) is 4.26. The van der Waals surface area contributed by atoms with E-state index in [1.54, 1.807) is 0 Å². The lowest BCUT2D eigenvalue weighted by Gasteiger charge is -2.11. The summed E-state index contributed by atoms with van der Waals surface area (Å²) in [6.45, 7) is 4.48. The van der Waals surface area contributed by atoms with Crippen LogP contribution in [0.5, 0.6) is 0 Å². The molecule has 0 amide bonds. The Morgan fingerprint density at radius 1 is 0.762 bits per heavy atom. The summed E-state index contributed by atoms with van der Waals surface area (Å²) in [5.74, 6) is 0. The lowest BCUT2D eigenvalue weighted by molar-refractivity contribution is 0.163. The van der Waals surface area contributed by atoms with E-state index in [1.165, 1.54) is 56.9 Å². The average Bonchev–Trinajstić information content (AvgIpc) is 2.52. The van der Waals surface area contributed by atoms with Gasteiger partial charge in [-0.1, -0.05) is 89.5 Å². The number of rotatable bonds is 12. The van der Waals surface area contributed by atoms with Crippen molar-refractivity contribution in [2.24, 2.45) is 0 Å². The van der Waals surface area contributed by atoms with Crippen LogP contribution in [0.2, 0.25) is 0 Å². The van der Waals surface area contributed by atoms with Crippen LogP contribution in [0.4, 0.5) is 0 Å². The largest absolute Gasteiger partial charge is 0.388 e. The summed E-state index contributed by atoms with van der Waals surface area (Å²) in [6, 6.07) is 8.58. The van der Waals surface area contributed by atoms with Gasteiger partial charge in [0.05, 0.1) is 6.10 Å². The number of aliphatic hydroxyl groups is 1. The predicted molar refractivity (Wildman–Crippen MR) is 92.6 cm³/mol. The van der Waals surface area contributed by atoms with Crippen LogP contribution < -0.4 is 0 Å². The van der Waals surface area contributed by atoms with Crippen molar-refractivity contribution in [2.45, 2.75) is 90.6 Å². The standard InChI is InChI=1S/C20H34O/c1-3-5-7-8-9-10-11-13-20(21)19-16-14-18(15-17-19)12-6-4-2/h14-17,20-21H,3-13H2,1-2H3. The third-order valence-corrected chi connectivity index (χ3v) is 4.26. The van der Waals surface area contributed by atoms with Crippen LogP contribution in [0.25, 0.3) is 0 Å².